The van der Waals surface area contributed by atoms with Crippen molar-refractivity contribution in [2.24, 2.45) is 5.92 Å². The van der Waals surface area contributed by atoms with Crippen molar-refractivity contribution >= 4 is 17.5 Å². The summed E-state index contributed by atoms with van der Waals surface area (Å²) in [5.41, 5.74) is 0.632. The average Bonchev–Trinajstić information content (AvgIpc) is 2.66. The Bertz CT molecular complexity index is 475. The first kappa shape index (κ1) is 13.3. The summed E-state index contributed by atoms with van der Waals surface area (Å²) < 4.78 is 13.0. The lowest BCUT2D eigenvalue weighted by molar-refractivity contribution is -0.120. The molecule has 4 heteroatoms. The van der Waals surface area contributed by atoms with Crippen LogP contribution < -0.4 is 5.32 Å². The number of amides is 1. The van der Waals surface area contributed by atoms with E-state index in [0.717, 1.165) is 12.0 Å². The summed E-state index contributed by atoms with van der Waals surface area (Å²) in [6.45, 7) is 4.17. The van der Waals surface area contributed by atoms with Crippen LogP contribution in [-0.2, 0) is 11.2 Å². The largest absolute Gasteiger partial charge is 0.350 e. The van der Waals surface area contributed by atoms with Gasteiger partial charge in [0.15, 0.2) is 0 Å². The van der Waals surface area contributed by atoms with E-state index in [0.29, 0.717) is 23.8 Å². The fourth-order valence-electron chi connectivity index (χ4n) is 2.51. The summed E-state index contributed by atoms with van der Waals surface area (Å²) in [6, 6.07) is 4.43. The number of nitrogens with one attached hydrogen (secondary N) is 1. The average molecular weight is 270 g/mol. The standard InChI is InChI=1S/C14H17ClFNO/c1-9(2)14(6-5-13(18)17-14)8-10-3-4-11(16)7-12(10)15/h3-4,7,9H,5-6,8H2,1-2H3,(H,17,18). The molecule has 98 valence electrons. The zero-order chi connectivity index (χ0) is 13.3. The van der Waals surface area contributed by atoms with Crippen LogP contribution in [0.3, 0.4) is 0 Å². The minimum atomic E-state index is -0.335. The topological polar surface area (TPSA) is 29.1 Å². The molecular formula is C14H17ClFNO. The second kappa shape index (κ2) is 4.88. The van der Waals surface area contributed by atoms with E-state index in [-0.39, 0.29) is 17.3 Å². The summed E-state index contributed by atoms with van der Waals surface area (Å²) in [6.07, 6.45) is 2.00. The molecule has 18 heavy (non-hydrogen) atoms. The fraction of sp³-hybridized carbons (Fsp3) is 0.500. The molecule has 2 rings (SSSR count). The zero-order valence-corrected chi connectivity index (χ0v) is 11.4. The van der Waals surface area contributed by atoms with Crippen LogP contribution in [0.1, 0.15) is 32.3 Å². The summed E-state index contributed by atoms with van der Waals surface area (Å²) in [5, 5.41) is 3.49. The highest BCUT2D eigenvalue weighted by Crippen LogP contribution is 2.33. The predicted octanol–water partition coefficient (Wildman–Crippen LogP) is 3.33. The maximum Gasteiger partial charge on any atom is 0.220 e. The van der Waals surface area contributed by atoms with Crippen molar-refractivity contribution in [2.75, 3.05) is 0 Å². The number of benzene rings is 1. The van der Waals surface area contributed by atoms with Crippen LogP contribution in [0.25, 0.3) is 0 Å². The molecule has 1 unspecified atom stereocenters. The van der Waals surface area contributed by atoms with Crippen molar-refractivity contribution < 1.29 is 9.18 Å². The lowest BCUT2D eigenvalue weighted by Crippen LogP contribution is -2.48. The normalized spacial score (nSPS) is 23.5. The Morgan fingerprint density at radius 3 is 2.72 bits per heavy atom. The smallest absolute Gasteiger partial charge is 0.220 e. The lowest BCUT2D eigenvalue weighted by atomic mass is 9.80. The highest BCUT2D eigenvalue weighted by molar-refractivity contribution is 6.31. The van der Waals surface area contributed by atoms with Crippen molar-refractivity contribution in [2.45, 2.75) is 38.6 Å². The highest BCUT2D eigenvalue weighted by atomic mass is 35.5. The molecule has 1 amide bonds. The number of carbonyl (C=O) groups excluding carboxylic acids is 1. The first-order chi connectivity index (χ1) is 8.43. The molecule has 1 N–H and O–H groups in total. The first-order valence-corrected chi connectivity index (χ1v) is 6.56. The number of rotatable bonds is 3. The van der Waals surface area contributed by atoms with E-state index in [2.05, 4.69) is 19.2 Å². The Kier molecular flexibility index (Phi) is 3.62. The summed E-state index contributed by atoms with van der Waals surface area (Å²) in [4.78, 5) is 11.5. The summed E-state index contributed by atoms with van der Waals surface area (Å²) in [5.74, 6) is 0.0600. The Balaban J connectivity index is 2.27. The van der Waals surface area contributed by atoms with Gasteiger partial charge in [-0.15, -0.1) is 0 Å². The molecule has 1 aromatic carbocycles. The van der Waals surface area contributed by atoms with Crippen LogP contribution in [0.5, 0.6) is 0 Å². The van der Waals surface area contributed by atoms with Gasteiger partial charge in [-0.1, -0.05) is 31.5 Å². The molecule has 0 saturated carbocycles. The van der Waals surface area contributed by atoms with Gasteiger partial charge in [0.05, 0.1) is 0 Å². The van der Waals surface area contributed by atoms with Crippen LogP contribution >= 0.6 is 11.6 Å². The third-order valence-corrected chi connectivity index (χ3v) is 4.16. The molecule has 2 nitrogen and oxygen atoms in total. The molecule has 1 atom stereocenters. The quantitative estimate of drug-likeness (QED) is 0.896. The molecule has 0 aliphatic carbocycles. The molecule has 1 aliphatic rings. The first-order valence-electron chi connectivity index (χ1n) is 6.18. The molecule has 0 bridgehead atoms. The van der Waals surface area contributed by atoms with E-state index in [1.807, 2.05) is 0 Å². The van der Waals surface area contributed by atoms with Crippen molar-refractivity contribution in [1.82, 2.24) is 5.32 Å². The Morgan fingerprint density at radius 2 is 2.22 bits per heavy atom. The SMILES string of the molecule is CC(C)C1(Cc2ccc(F)cc2Cl)CCC(=O)N1. The van der Waals surface area contributed by atoms with Gasteiger partial charge in [0.25, 0.3) is 0 Å². The molecule has 0 aromatic heterocycles. The molecular weight excluding hydrogens is 253 g/mol. The minimum absolute atomic E-state index is 0.0851. The van der Waals surface area contributed by atoms with Crippen LogP contribution in [-0.4, -0.2) is 11.4 Å². The molecule has 1 aliphatic heterocycles. The number of halogens is 2. The van der Waals surface area contributed by atoms with Gasteiger partial charge in [0, 0.05) is 17.0 Å². The van der Waals surface area contributed by atoms with E-state index < -0.39 is 0 Å². The Morgan fingerprint density at radius 1 is 1.50 bits per heavy atom. The van der Waals surface area contributed by atoms with E-state index in [9.17, 15) is 9.18 Å². The molecule has 1 fully saturated rings. The van der Waals surface area contributed by atoms with E-state index in [1.54, 1.807) is 6.07 Å². The van der Waals surface area contributed by atoms with Crippen LogP contribution in [0.15, 0.2) is 18.2 Å². The van der Waals surface area contributed by atoms with E-state index >= 15 is 0 Å². The van der Waals surface area contributed by atoms with Crippen molar-refractivity contribution in [3.8, 4) is 0 Å². The van der Waals surface area contributed by atoms with Crippen molar-refractivity contribution in [3.63, 3.8) is 0 Å². The van der Waals surface area contributed by atoms with E-state index in [1.165, 1.54) is 12.1 Å². The van der Waals surface area contributed by atoms with Gasteiger partial charge < -0.3 is 5.32 Å². The highest BCUT2D eigenvalue weighted by Gasteiger charge is 2.40. The van der Waals surface area contributed by atoms with Gasteiger partial charge in [-0.3, -0.25) is 4.79 Å². The Hall–Kier alpha value is -1.09. The Labute approximate surface area is 112 Å². The number of hydrogen-bond acceptors (Lipinski definition) is 1. The maximum atomic E-state index is 13.0. The molecule has 0 radical (unpaired) electrons. The summed E-state index contributed by atoms with van der Waals surface area (Å²) >= 11 is 6.06. The third kappa shape index (κ3) is 2.51. The van der Waals surface area contributed by atoms with Gasteiger partial charge in [0.1, 0.15) is 5.82 Å². The molecule has 1 saturated heterocycles. The van der Waals surface area contributed by atoms with Crippen LogP contribution in [0.2, 0.25) is 5.02 Å². The van der Waals surface area contributed by atoms with Gasteiger partial charge in [-0.05, 0) is 36.5 Å². The van der Waals surface area contributed by atoms with Crippen molar-refractivity contribution in [3.05, 3.63) is 34.6 Å². The lowest BCUT2D eigenvalue weighted by Gasteiger charge is -2.34. The van der Waals surface area contributed by atoms with Gasteiger partial charge in [-0.25, -0.2) is 4.39 Å². The van der Waals surface area contributed by atoms with Crippen molar-refractivity contribution in [1.29, 1.82) is 0 Å². The van der Waals surface area contributed by atoms with Gasteiger partial charge in [-0.2, -0.15) is 0 Å². The predicted molar refractivity (Wildman–Crippen MR) is 70.1 cm³/mol. The van der Waals surface area contributed by atoms with E-state index in [4.69, 9.17) is 11.6 Å². The fourth-order valence-corrected chi connectivity index (χ4v) is 2.75. The van der Waals surface area contributed by atoms with Crippen LogP contribution in [0.4, 0.5) is 4.39 Å². The van der Waals surface area contributed by atoms with Gasteiger partial charge in [0.2, 0.25) is 5.91 Å². The zero-order valence-electron chi connectivity index (χ0n) is 10.6. The number of carbonyl (C=O) groups is 1. The second-order valence-corrected chi connectivity index (χ2v) is 5.68. The monoisotopic (exact) mass is 269 g/mol. The molecule has 1 aromatic rings. The number of hydrogen-bond donors (Lipinski definition) is 1. The molecule has 1 heterocycles. The molecule has 0 spiro atoms. The summed E-state index contributed by atoms with van der Waals surface area (Å²) in [7, 11) is 0. The van der Waals surface area contributed by atoms with Gasteiger partial charge >= 0.3 is 0 Å². The van der Waals surface area contributed by atoms with Crippen LogP contribution in [0, 0.1) is 11.7 Å². The second-order valence-electron chi connectivity index (χ2n) is 5.27. The minimum Gasteiger partial charge on any atom is -0.350 e. The third-order valence-electron chi connectivity index (χ3n) is 3.81. The maximum absolute atomic E-state index is 13.0.